The van der Waals surface area contributed by atoms with Gasteiger partial charge in [-0.05, 0) is 23.3 Å². The third-order valence-electron chi connectivity index (χ3n) is 4.99. The summed E-state index contributed by atoms with van der Waals surface area (Å²) in [7, 11) is 1.59. The quantitative estimate of drug-likeness (QED) is 0.725. The van der Waals surface area contributed by atoms with Crippen LogP contribution in [0.3, 0.4) is 0 Å². The van der Waals surface area contributed by atoms with Crippen molar-refractivity contribution in [2.75, 3.05) is 7.11 Å². The SMILES string of the molecule is COc1cccc(CN2C(=O)OC(c3ccccc3)C2(O)c2ccccc2)c1. The molecule has 0 spiro atoms. The molecular formula is C23H21NO4. The molecule has 3 aromatic carbocycles. The van der Waals surface area contributed by atoms with Gasteiger partial charge in [0.2, 0.25) is 5.72 Å². The Balaban J connectivity index is 1.78. The van der Waals surface area contributed by atoms with E-state index in [1.54, 1.807) is 19.2 Å². The van der Waals surface area contributed by atoms with Gasteiger partial charge in [-0.25, -0.2) is 4.79 Å². The molecule has 5 heteroatoms. The first-order chi connectivity index (χ1) is 13.6. The number of amides is 1. The van der Waals surface area contributed by atoms with E-state index in [2.05, 4.69) is 0 Å². The molecule has 1 amide bonds. The Morgan fingerprint density at radius 1 is 1.00 bits per heavy atom. The van der Waals surface area contributed by atoms with Crippen molar-refractivity contribution < 1.29 is 19.4 Å². The summed E-state index contributed by atoms with van der Waals surface area (Å²) in [5.74, 6) is 0.688. The lowest BCUT2D eigenvalue weighted by molar-refractivity contribution is -0.113. The molecule has 0 aromatic heterocycles. The Morgan fingerprint density at radius 3 is 2.36 bits per heavy atom. The van der Waals surface area contributed by atoms with Gasteiger partial charge < -0.3 is 14.6 Å². The average Bonchev–Trinajstić information content (AvgIpc) is 3.01. The van der Waals surface area contributed by atoms with Crippen molar-refractivity contribution in [1.82, 2.24) is 4.90 Å². The maximum atomic E-state index is 12.8. The average molecular weight is 375 g/mol. The van der Waals surface area contributed by atoms with E-state index < -0.39 is 17.9 Å². The number of hydrogen-bond acceptors (Lipinski definition) is 4. The number of methoxy groups -OCH3 is 1. The van der Waals surface area contributed by atoms with Gasteiger partial charge in [-0.3, -0.25) is 4.90 Å². The molecule has 0 bridgehead atoms. The molecule has 0 aliphatic carbocycles. The van der Waals surface area contributed by atoms with Crippen molar-refractivity contribution in [3.63, 3.8) is 0 Å². The molecule has 1 heterocycles. The summed E-state index contributed by atoms with van der Waals surface area (Å²) in [5.41, 5.74) is 0.523. The summed E-state index contributed by atoms with van der Waals surface area (Å²) in [6.07, 6.45) is -1.41. The number of nitrogens with zero attached hydrogens (tertiary/aromatic N) is 1. The second-order valence-corrected chi connectivity index (χ2v) is 6.70. The van der Waals surface area contributed by atoms with Gasteiger partial charge >= 0.3 is 6.09 Å². The Morgan fingerprint density at radius 2 is 1.68 bits per heavy atom. The van der Waals surface area contributed by atoms with Gasteiger partial charge in [-0.2, -0.15) is 0 Å². The van der Waals surface area contributed by atoms with Crippen LogP contribution >= 0.6 is 0 Å². The summed E-state index contributed by atoms with van der Waals surface area (Å²) in [6.45, 7) is 0.185. The molecular weight excluding hydrogens is 354 g/mol. The van der Waals surface area contributed by atoms with Crippen LogP contribution in [0.4, 0.5) is 4.79 Å². The van der Waals surface area contributed by atoms with Crippen molar-refractivity contribution >= 4 is 6.09 Å². The van der Waals surface area contributed by atoms with Crippen LogP contribution in [0.2, 0.25) is 0 Å². The lowest BCUT2D eigenvalue weighted by Crippen LogP contribution is -2.45. The molecule has 1 fully saturated rings. The minimum atomic E-state index is -1.64. The van der Waals surface area contributed by atoms with E-state index in [4.69, 9.17) is 9.47 Å². The van der Waals surface area contributed by atoms with Gasteiger partial charge in [0.05, 0.1) is 13.7 Å². The van der Waals surface area contributed by atoms with Crippen LogP contribution in [0, 0.1) is 0 Å². The topological polar surface area (TPSA) is 59.0 Å². The number of cyclic esters (lactones) is 1. The van der Waals surface area contributed by atoms with Crippen LogP contribution < -0.4 is 4.74 Å². The van der Waals surface area contributed by atoms with Crippen LogP contribution in [0.25, 0.3) is 0 Å². The van der Waals surface area contributed by atoms with Crippen LogP contribution in [0.5, 0.6) is 5.75 Å². The monoisotopic (exact) mass is 375 g/mol. The van der Waals surface area contributed by atoms with E-state index in [1.807, 2.05) is 72.8 Å². The summed E-state index contributed by atoms with van der Waals surface area (Å²) >= 11 is 0. The zero-order valence-corrected chi connectivity index (χ0v) is 15.5. The van der Waals surface area contributed by atoms with E-state index >= 15 is 0 Å². The third-order valence-corrected chi connectivity index (χ3v) is 4.99. The lowest BCUT2D eigenvalue weighted by atomic mass is 9.91. The molecule has 142 valence electrons. The van der Waals surface area contributed by atoms with E-state index in [-0.39, 0.29) is 6.54 Å². The molecule has 1 N–H and O–H groups in total. The molecule has 0 radical (unpaired) electrons. The Hall–Kier alpha value is -3.31. The standard InChI is InChI=1S/C23H21NO4/c1-27-20-14-8-9-17(15-20)16-24-22(25)28-21(18-10-4-2-5-11-18)23(24,26)19-12-6-3-7-13-19/h2-15,21,26H,16H2,1H3. The number of rotatable bonds is 5. The molecule has 5 nitrogen and oxygen atoms in total. The largest absolute Gasteiger partial charge is 0.497 e. The van der Waals surface area contributed by atoms with Crippen molar-refractivity contribution in [3.05, 3.63) is 102 Å². The zero-order valence-electron chi connectivity index (χ0n) is 15.5. The van der Waals surface area contributed by atoms with Gasteiger partial charge in [-0.1, -0.05) is 72.8 Å². The van der Waals surface area contributed by atoms with Gasteiger partial charge in [-0.15, -0.1) is 0 Å². The molecule has 3 aromatic rings. The molecule has 1 saturated heterocycles. The third kappa shape index (κ3) is 3.10. The fourth-order valence-electron chi connectivity index (χ4n) is 3.58. The van der Waals surface area contributed by atoms with Crippen molar-refractivity contribution in [2.45, 2.75) is 18.4 Å². The normalized spacial score (nSPS) is 21.4. The van der Waals surface area contributed by atoms with Gasteiger partial charge in [0.15, 0.2) is 6.10 Å². The van der Waals surface area contributed by atoms with Crippen LogP contribution in [-0.2, 0) is 17.0 Å². The highest BCUT2D eigenvalue weighted by Crippen LogP contribution is 2.47. The Kier molecular flexibility index (Phi) is 4.75. The van der Waals surface area contributed by atoms with E-state index in [0.29, 0.717) is 11.3 Å². The molecule has 2 atom stereocenters. The molecule has 1 aliphatic rings. The van der Waals surface area contributed by atoms with Gasteiger partial charge in [0.1, 0.15) is 5.75 Å². The zero-order chi connectivity index (χ0) is 19.6. The highest BCUT2D eigenvalue weighted by molar-refractivity contribution is 5.72. The summed E-state index contributed by atoms with van der Waals surface area (Å²) < 4.78 is 10.9. The van der Waals surface area contributed by atoms with Crippen molar-refractivity contribution in [2.24, 2.45) is 0 Å². The summed E-state index contributed by atoms with van der Waals surface area (Å²) in [4.78, 5) is 14.2. The first-order valence-electron chi connectivity index (χ1n) is 9.07. The van der Waals surface area contributed by atoms with Crippen LogP contribution in [0.1, 0.15) is 22.8 Å². The smallest absolute Gasteiger partial charge is 0.413 e. The summed E-state index contributed by atoms with van der Waals surface area (Å²) in [5, 5.41) is 11.8. The van der Waals surface area contributed by atoms with Crippen LogP contribution in [-0.4, -0.2) is 23.2 Å². The Bertz CT molecular complexity index is 961. The van der Waals surface area contributed by atoms with Crippen molar-refractivity contribution in [1.29, 1.82) is 0 Å². The Labute approximate surface area is 163 Å². The highest BCUT2D eigenvalue weighted by Gasteiger charge is 2.55. The predicted octanol–water partition coefficient (Wildman–Crippen LogP) is 4.23. The van der Waals surface area contributed by atoms with Gasteiger partial charge in [0.25, 0.3) is 0 Å². The van der Waals surface area contributed by atoms with E-state index in [0.717, 1.165) is 11.1 Å². The number of benzene rings is 3. The maximum absolute atomic E-state index is 12.8. The number of carbonyl (C=O) groups is 1. The number of hydrogen-bond donors (Lipinski definition) is 1. The summed E-state index contributed by atoms with van der Waals surface area (Å²) in [6, 6.07) is 25.9. The highest BCUT2D eigenvalue weighted by atomic mass is 16.6. The van der Waals surface area contributed by atoms with E-state index in [1.165, 1.54) is 4.90 Å². The fourth-order valence-corrected chi connectivity index (χ4v) is 3.58. The number of carbonyl (C=O) groups excluding carboxylic acids is 1. The molecule has 1 aliphatic heterocycles. The minimum Gasteiger partial charge on any atom is -0.497 e. The minimum absolute atomic E-state index is 0.185. The number of aliphatic hydroxyl groups is 1. The second-order valence-electron chi connectivity index (χ2n) is 6.70. The molecule has 2 unspecified atom stereocenters. The predicted molar refractivity (Wildman–Crippen MR) is 105 cm³/mol. The first kappa shape index (κ1) is 18.1. The van der Waals surface area contributed by atoms with Gasteiger partial charge in [0, 0.05) is 5.56 Å². The number of ether oxygens (including phenoxy) is 2. The lowest BCUT2D eigenvalue weighted by Gasteiger charge is -2.34. The van der Waals surface area contributed by atoms with Crippen molar-refractivity contribution in [3.8, 4) is 5.75 Å². The second kappa shape index (κ2) is 7.37. The molecule has 0 saturated carbocycles. The first-order valence-corrected chi connectivity index (χ1v) is 9.07. The van der Waals surface area contributed by atoms with E-state index in [9.17, 15) is 9.90 Å². The maximum Gasteiger partial charge on any atom is 0.413 e. The molecule has 28 heavy (non-hydrogen) atoms. The van der Waals surface area contributed by atoms with Crippen LogP contribution in [0.15, 0.2) is 84.9 Å². The molecule has 4 rings (SSSR count). The fraction of sp³-hybridized carbons (Fsp3) is 0.174.